The Hall–Kier alpha value is -3.49. The first-order valence-corrected chi connectivity index (χ1v) is 8.01. The summed E-state index contributed by atoms with van der Waals surface area (Å²) in [6.07, 6.45) is 3.00. The lowest BCUT2D eigenvalue weighted by Crippen LogP contribution is -2.18. The van der Waals surface area contributed by atoms with Gasteiger partial charge in [-0.2, -0.15) is 5.10 Å². The number of aromatic carboxylic acids is 1. The minimum absolute atomic E-state index is 0.0401. The molecule has 3 aromatic rings. The Kier molecular flexibility index (Phi) is 5.07. The van der Waals surface area contributed by atoms with Crippen LogP contribution in [0, 0.1) is 6.92 Å². The van der Waals surface area contributed by atoms with Crippen molar-refractivity contribution >= 4 is 17.8 Å². The number of nitrogens with one attached hydrogen (secondary N) is 1. The maximum Gasteiger partial charge on any atom is 0.354 e. The minimum Gasteiger partial charge on any atom is -0.477 e. The van der Waals surface area contributed by atoms with Crippen LogP contribution in [0.25, 0.3) is 0 Å². The maximum absolute atomic E-state index is 12.0. The highest BCUT2D eigenvalue weighted by Crippen LogP contribution is 2.07. The Morgan fingerprint density at radius 2 is 1.96 bits per heavy atom. The van der Waals surface area contributed by atoms with Gasteiger partial charge in [0.1, 0.15) is 12.0 Å². The number of nitrogens with zero attached hydrogens (tertiary/aromatic N) is 5. The largest absolute Gasteiger partial charge is 0.477 e. The van der Waals surface area contributed by atoms with Gasteiger partial charge in [0.25, 0.3) is 0 Å². The molecule has 0 spiro atoms. The lowest BCUT2D eigenvalue weighted by atomic mass is 10.1. The first-order chi connectivity index (χ1) is 12.5. The van der Waals surface area contributed by atoms with Gasteiger partial charge >= 0.3 is 5.97 Å². The highest BCUT2D eigenvalue weighted by atomic mass is 16.4. The maximum atomic E-state index is 12.0. The van der Waals surface area contributed by atoms with Gasteiger partial charge in [-0.3, -0.25) is 14.8 Å². The van der Waals surface area contributed by atoms with E-state index in [1.54, 1.807) is 11.0 Å². The van der Waals surface area contributed by atoms with Crippen LogP contribution in [0.3, 0.4) is 0 Å². The lowest BCUT2D eigenvalue weighted by molar-refractivity contribution is -0.116. The Morgan fingerprint density at radius 1 is 1.19 bits per heavy atom. The molecule has 0 aliphatic heterocycles. The van der Waals surface area contributed by atoms with E-state index in [1.165, 1.54) is 22.5 Å². The third-order valence-corrected chi connectivity index (χ3v) is 3.74. The molecule has 0 aliphatic carbocycles. The van der Waals surface area contributed by atoms with Gasteiger partial charge in [-0.05, 0) is 18.6 Å². The van der Waals surface area contributed by atoms with E-state index in [0.717, 1.165) is 5.56 Å². The molecule has 0 bridgehead atoms. The zero-order chi connectivity index (χ0) is 18.5. The van der Waals surface area contributed by atoms with Crippen molar-refractivity contribution in [1.29, 1.82) is 0 Å². The molecule has 0 fully saturated rings. The summed E-state index contributed by atoms with van der Waals surface area (Å²) < 4.78 is 2.90. The molecule has 0 unspecified atom stereocenters. The fourth-order valence-electron chi connectivity index (χ4n) is 2.40. The first-order valence-electron chi connectivity index (χ1n) is 8.01. The summed E-state index contributed by atoms with van der Waals surface area (Å²) >= 11 is 0. The normalized spacial score (nSPS) is 10.7. The Bertz CT molecular complexity index is 913. The van der Waals surface area contributed by atoms with Crippen molar-refractivity contribution in [2.24, 2.45) is 0 Å². The predicted octanol–water partition coefficient (Wildman–Crippen LogP) is 1.56. The number of carboxylic acids is 1. The summed E-state index contributed by atoms with van der Waals surface area (Å²) in [4.78, 5) is 27.1. The Balaban J connectivity index is 1.53. The SMILES string of the molecule is Cc1ccc(Cn2cnc(NC(=O)CCn3nccc3C(=O)O)n2)cc1. The van der Waals surface area contributed by atoms with E-state index in [0.29, 0.717) is 6.54 Å². The van der Waals surface area contributed by atoms with Gasteiger partial charge in [0.2, 0.25) is 11.9 Å². The summed E-state index contributed by atoms with van der Waals surface area (Å²) in [5, 5.41) is 19.7. The summed E-state index contributed by atoms with van der Waals surface area (Å²) in [5.74, 6) is -1.19. The quantitative estimate of drug-likeness (QED) is 0.665. The third kappa shape index (κ3) is 4.32. The molecule has 2 N–H and O–H groups in total. The Labute approximate surface area is 149 Å². The topological polar surface area (TPSA) is 115 Å². The van der Waals surface area contributed by atoms with Crippen LogP contribution in [0.1, 0.15) is 28.0 Å². The molecule has 0 aliphatic rings. The number of carbonyl (C=O) groups excluding carboxylic acids is 1. The zero-order valence-corrected chi connectivity index (χ0v) is 14.2. The number of hydrogen-bond acceptors (Lipinski definition) is 5. The van der Waals surface area contributed by atoms with Gasteiger partial charge in [-0.1, -0.05) is 29.8 Å². The second-order valence-corrected chi connectivity index (χ2v) is 5.79. The molecule has 1 aromatic carbocycles. The van der Waals surface area contributed by atoms with Crippen LogP contribution >= 0.6 is 0 Å². The number of anilines is 1. The van der Waals surface area contributed by atoms with Crippen molar-refractivity contribution < 1.29 is 14.7 Å². The summed E-state index contributed by atoms with van der Waals surface area (Å²) in [7, 11) is 0. The van der Waals surface area contributed by atoms with Gasteiger partial charge < -0.3 is 5.11 Å². The van der Waals surface area contributed by atoms with Crippen LogP contribution in [-0.2, 0) is 17.9 Å². The molecule has 9 nitrogen and oxygen atoms in total. The second-order valence-electron chi connectivity index (χ2n) is 5.79. The number of amides is 1. The summed E-state index contributed by atoms with van der Waals surface area (Å²) in [6.45, 7) is 2.73. The monoisotopic (exact) mass is 354 g/mol. The van der Waals surface area contributed by atoms with E-state index in [-0.39, 0.29) is 30.5 Å². The molecule has 2 heterocycles. The van der Waals surface area contributed by atoms with Crippen molar-refractivity contribution in [3.63, 3.8) is 0 Å². The molecular weight excluding hydrogens is 336 g/mol. The molecule has 0 radical (unpaired) electrons. The highest BCUT2D eigenvalue weighted by molar-refractivity contribution is 5.89. The molecular formula is C17H18N6O3. The first kappa shape index (κ1) is 17.3. The number of hydrogen-bond donors (Lipinski definition) is 2. The summed E-state index contributed by atoms with van der Waals surface area (Å²) in [5.41, 5.74) is 2.31. The highest BCUT2D eigenvalue weighted by Gasteiger charge is 2.12. The van der Waals surface area contributed by atoms with Crippen molar-refractivity contribution in [1.82, 2.24) is 24.5 Å². The molecule has 2 aromatic heterocycles. The average Bonchev–Trinajstić information content (AvgIpc) is 3.24. The predicted molar refractivity (Wildman–Crippen MR) is 92.7 cm³/mol. The van der Waals surface area contributed by atoms with Crippen LogP contribution in [0.15, 0.2) is 42.9 Å². The van der Waals surface area contributed by atoms with Crippen LogP contribution in [-0.4, -0.2) is 41.5 Å². The smallest absolute Gasteiger partial charge is 0.354 e. The fourth-order valence-corrected chi connectivity index (χ4v) is 2.40. The zero-order valence-electron chi connectivity index (χ0n) is 14.2. The average molecular weight is 354 g/mol. The number of carboxylic acid groups (broad SMARTS) is 1. The number of rotatable bonds is 7. The minimum atomic E-state index is -1.08. The molecule has 1 amide bonds. The van der Waals surface area contributed by atoms with Crippen molar-refractivity contribution in [3.8, 4) is 0 Å². The second kappa shape index (κ2) is 7.60. The van der Waals surface area contributed by atoms with E-state index >= 15 is 0 Å². The molecule has 0 atom stereocenters. The third-order valence-electron chi connectivity index (χ3n) is 3.74. The van der Waals surface area contributed by atoms with Crippen molar-refractivity contribution in [2.75, 3.05) is 5.32 Å². The van der Waals surface area contributed by atoms with Crippen LogP contribution < -0.4 is 5.32 Å². The number of carbonyl (C=O) groups is 2. The molecule has 9 heteroatoms. The van der Waals surface area contributed by atoms with Crippen LogP contribution in [0.2, 0.25) is 0 Å². The van der Waals surface area contributed by atoms with E-state index in [2.05, 4.69) is 20.5 Å². The lowest BCUT2D eigenvalue weighted by Gasteiger charge is -2.04. The van der Waals surface area contributed by atoms with E-state index in [1.807, 2.05) is 31.2 Å². The van der Waals surface area contributed by atoms with Gasteiger partial charge in [-0.25, -0.2) is 14.5 Å². The van der Waals surface area contributed by atoms with Gasteiger partial charge in [-0.15, -0.1) is 5.10 Å². The number of aromatic nitrogens is 5. The molecule has 0 saturated heterocycles. The van der Waals surface area contributed by atoms with Crippen molar-refractivity contribution in [2.45, 2.75) is 26.4 Å². The molecule has 3 rings (SSSR count). The summed E-state index contributed by atoms with van der Waals surface area (Å²) in [6, 6.07) is 9.46. The van der Waals surface area contributed by atoms with Crippen molar-refractivity contribution in [3.05, 3.63) is 59.7 Å². The van der Waals surface area contributed by atoms with Gasteiger partial charge in [0.05, 0.1) is 13.1 Å². The molecule has 0 saturated carbocycles. The van der Waals surface area contributed by atoms with Gasteiger partial charge in [0, 0.05) is 12.6 Å². The van der Waals surface area contributed by atoms with E-state index in [9.17, 15) is 9.59 Å². The van der Waals surface area contributed by atoms with Crippen LogP contribution in [0.4, 0.5) is 5.95 Å². The van der Waals surface area contributed by atoms with Gasteiger partial charge in [0.15, 0.2) is 0 Å². The molecule has 134 valence electrons. The number of benzene rings is 1. The fraction of sp³-hybridized carbons (Fsp3) is 0.235. The van der Waals surface area contributed by atoms with Crippen LogP contribution in [0.5, 0.6) is 0 Å². The van der Waals surface area contributed by atoms with E-state index in [4.69, 9.17) is 5.11 Å². The molecule has 26 heavy (non-hydrogen) atoms. The standard InChI is InChI=1S/C17H18N6O3/c1-12-2-4-13(5-3-12)10-22-11-18-17(21-22)20-15(24)7-9-23-14(16(25)26)6-8-19-23/h2-6,8,11H,7,9-10H2,1H3,(H,25,26)(H,20,21,24). The van der Waals surface area contributed by atoms with E-state index < -0.39 is 5.97 Å². The number of aryl methyl sites for hydroxylation is 2. The Morgan fingerprint density at radius 3 is 2.69 bits per heavy atom.